The molecule has 1 N–H and O–H groups in total. The van der Waals surface area contributed by atoms with Crippen molar-refractivity contribution in [1.29, 1.82) is 0 Å². The van der Waals surface area contributed by atoms with E-state index < -0.39 is 9.84 Å². The number of sulfone groups is 1. The fourth-order valence-corrected chi connectivity index (χ4v) is 4.53. The molecule has 2 saturated heterocycles. The van der Waals surface area contributed by atoms with Gasteiger partial charge in [-0.3, -0.25) is 4.90 Å². The van der Waals surface area contributed by atoms with Crippen LogP contribution in [0.15, 0.2) is 0 Å². The summed E-state index contributed by atoms with van der Waals surface area (Å²) < 4.78 is 23.1. The van der Waals surface area contributed by atoms with Crippen LogP contribution in [0.2, 0.25) is 0 Å². The van der Waals surface area contributed by atoms with Crippen molar-refractivity contribution in [3.8, 4) is 0 Å². The van der Waals surface area contributed by atoms with Crippen molar-refractivity contribution < 1.29 is 8.42 Å². The Labute approximate surface area is 105 Å². The molecule has 0 saturated carbocycles. The lowest BCUT2D eigenvalue weighted by Crippen LogP contribution is -2.46. The number of hydrogen-bond donors (Lipinski definition) is 1. The van der Waals surface area contributed by atoms with Gasteiger partial charge in [-0.2, -0.15) is 0 Å². The summed E-state index contributed by atoms with van der Waals surface area (Å²) in [7, 11) is -2.78. The number of hydrogen-bond acceptors (Lipinski definition) is 4. The molecular formula is C12H24N2O2S. The molecule has 2 heterocycles. The van der Waals surface area contributed by atoms with Gasteiger partial charge in [-0.15, -0.1) is 0 Å². The maximum absolute atomic E-state index is 11.6. The van der Waals surface area contributed by atoms with Gasteiger partial charge in [0.25, 0.3) is 0 Å². The Morgan fingerprint density at radius 2 is 2.00 bits per heavy atom. The van der Waals surface area contributed by atoms with E-state index in [1.54, 1.807) is 0 Å². The minimum Gasteiger partial charge on any atom is -0.309 e. The molecule has 4 nitrogen and oxygen atoms in total. The van der Waals surface area contributed by atoms with Crippen molar-refractivity contribution in [2.45, 2.75) is 51.2 Å². The summed E-state index contributed by atoms with van der Waals surface area (Å²) in [5.41, 5.74) is 0. The second-order valence-corrected chi connectivity index (χ2v) is 7.92. The molecular weight excluding hydrogens is 236 g/mol. The van der Waals surface area contributed by atoms with Crippen LogP contribution in [0.1, 0.15) is 33.1 Å². The molecule has 5 heteroatoms. The van der Waals surface area contributed by atoms with Gasteiger partial charge in [0.1, 0.15) is 0 Å². The van der Waals surface area contributed by atoms with Crippen LogP contribution in [-0.4, -0.2) is 56.0 Å². The fourth-order valence-electron chi connectivity index (χ4n) is 2.88. The standard InChI is InChI=1S/C12H24N2O2S/c1-10(2)14-6-5-11(8-14)13-12-4-3-7-17(15,16)9-12/h10-13H,3-9H2,1-2H3. The Morgan fingerprint density at radius 3 is 2.59 bits per heavy atom. The summed E-state index contributed by atoms with van der Waals surface area (Å²) in [6.45, 7) is 6.63. The summed E-state index contributed by atoms with van der Waals surface area (Å²) in [6.07, 6.45) is 2.98. The van der Waals surface area contributed by atoms with Crippen molar-refractivity contribution in [3.63, 3.8) is 0 Å². The molecule has 17 heavy (non-hydrogen) atoms. The SMILES string of the molecule is CC(C)N1CCC(NC2CCCS(=O)(=O)C2)C1. The zero-order chi connectivity index (χ0) is 12.5. The van der Waals surface area contributed by atoms with Crippen LogP contribution in [-0.2, 0) is 9.84 Å². The van der Waals surface area contributed by atoms with E-state index in [-0.39, 0.29) is 6.04 Å². The zero-order valence-electron chi connectivity index (χ0n) is 10.9. The average molecular weight is 260 g/mol. The first kappa shape index (κ1) is 13.3. The third-order valence-corrected chi connectivity index (χ3v) is 5.71. The number of likely N-dealkylation sites (tertiary alicyclic amines) is 1. The Bertz CT molecular complexity index is 354. The van der Waals surface area contributed by atoms with E-state index in [0.717, 1.165) is 32.4 Å². The van der Waals surface area contributed by atoms with Gasteiger partial charge < -0.3 is 5.32 Å². The van der Waals surface area contributed by atoms with E-state index in [2.05, 4.69) is 24.1 Å². The van der Waals surface area contributed by atoms with E-state index in [0.29, 0.717) is 23.6 Å². The molecule has 2 fully saturated rings. The van der Waals surface area contributed by atoms with Crippen LogP contribution >= 0.6 is 0 Å². The molecule has 100 valence electrons. The molecule has 0 aromatic carbocycles. The van der Waals surface area contributed by atoms with E-state index in [9.17, 15) is 8.42 Å². The minimum absolute atomic E-state index is 0.186. The lowest BCUT2D eigenvalue weighted by molar-refractivity contribution is 0.265. The van der Waals surface area contributed by atoms with Gasteiger partial charge in [0.15, 0.2) is 9.84 Å². The van der Waals surface area contributed by atoms with Crippen LogP contribution in [0.4, 0.5) is 0 Å². The van der Waals surface area contributed by atoms with Crippen LogP contribution in [0.3, 0.4) is 0 Å². The summed E-state index contributed by atoms with van der Waals surface area (Å²) in [5.74, 6) is 0.721. The Hall–Kier alpha value is -0.130. The highest BCUT2D eigenvalue weighted by atomic mass is 32.2. The first-order valence-corrected chi connectivity index (χ1v) is 8.49. The van der Waals surface area contributed by atoms with Crippen LogP contribution < -0.4 is 5.32 Å². The van der Waals surface area contributed by atoms with Gasteiger partial charge in [-0.25, -0.2) is 8.42 Å². The smallest absolute Gasteiger partial charge is 0.151 e. The molecule has 2 unspecified atom stereocenters. The molecule has 0 aromatic rings. The van der Waals surface area contributed by atoms with Crippen LogP contribution in [0.25, 0.3) is 0 Å². The zero-order valence-corrected chi connectivity index (χ0v) is 11.7. The summed E-state index contributed by atoms with van der Waals surface area (Å²) in [6, 6.07) is 1.26. The highest BCUT2D eigenvalue weighted by molar-refractivity contribution is 7.91. The first-order valence-electron chi connectivity index (χ1n) is 6.67. The van der Waals surface area contributed by atoms with Gasteiger partial charge >= 0.3 is 0 Å². The van der Waals surface area contributed by atoms with Crippen molar-refractivity contribution in [2.75, 3.05) is 24.6 Å². The maximum Gasteiger partial charge on any atom is 0.151 e. The van der Waals surface area contributed by atoms with Gasteiger partial charge in [-0.1, -0.05) is 0 Å². The molecule has 0 spiro atoms. The fraction of sp³-hybridized carbons (Fsp3) is 1.00. The molecule has 0 radical (unpaired) electrons. The van der Waals surface area contributed by atoms with Gasteiger partial charge in [0.05, 0.1) is 11.5 Å². The normalized spacial score (nSPS) is 34.3. The van der Waals surface area contributed by atoms with Crippen molar-refractivity contribution in [2.24, 2.45) is 0 Å². The van der Waals surface area contributed by atoms with E-state index in [1.165, 1.54) is 0 Å². The molecule has 0 amide bonds. The maximum atomic E-state index is 11.6. The van der Waals surface area contributed by atoms with E-state index >= 15 is 0 Å². The average Bonchev–Trinajstić information content (AvgIpc) is 2.64. The second-order valence-electron chi connectivity index (χ2n) is 5.69. The predicted molar refractivity (Wildman–Crippen MR) is 69.9 cm³/mol. The molecule has 2 aliphatic rings. The second kappa shape index (κ2) is 5.24. The highest BCUT2D eigenvalue weighted by Crippen LogP contribution is 2.17. The third-order valence-electron chi connectivity index (χ3n) is 3.88. The van der Waals surface area contributed by atoms with Gasteiger partial charge in [0.2, 0.25) is 0 Å². The van der Waals surface area contributed by atoms with Crippen molar-refractivity contribution >= 4 is 9.84 Å². The number of rotatable bonds is 3. The molecule has 2 aliphatic heterocycles. The predicted octanol–water partition coefficient (Wildman–Crippen LogP) is 0.636. The topological polar surface area (TPSA) is 49.4 Å². The molecule has 0 aromatic heterocycles. The Morgan fingerprint density at radius 1 is 1.24 bits per heavy atom. The van der Waals surface area contributed by atoms with Gasteiger partial charge in [-0.05, 0) is 39.7 Å². The summed E-state index contributed by atoms with van der Waals surface area (Å²) in [4.78, 5) is 2.45. The van der Waals surface area contributed by atoms with E-state index in [4.69, 9.17) is 0 Å². The largest absolute Gasteiger partial charge is 0.309 e. The quantitative estimate of drug-likeness (QED) is 0.809. The van der Waals surface area contributed by atoms with Gasteiger partial charge in [0, 0.05) is 24.7 Å². The van der Waals surface area contributed by atoms with E-state index in [1.807, 2.05) is 0 Å². The highest BCUT2D eigenvalue weighted by Gasteiger charge is 2.30. The lowest BCUT2D eigenvalue weighted by Gasteiger charge is -2.27. The van der Waals surface area contributed by atoms with Crippen molar-refractivity contribution in [3.05, 3.63) is 0 Å². The van der Waals surface area contributed by atoms with Crippen molar-refractivity contribution in [1.82, 2.24) is 10.2 Å². The first-order chi connectivity index (χ1) is 7.96. The summed E-state index contributed by atoms with van der Waals surface area (Å²) >= 11 is 0. The monoisotopic (exact) mass is 260 g/mol. The number of nitrogens with zero attached hydrogens (tertiary/aromatic N) is 1. The third kappa shape index (κ3) is 3.66. The summed E-state index contributed by atoms with van der Waals surface area (Å²) in [5, 5.41) is 3.54. The molecule has 0 bridgehead atoms. The van der Waals surface area contributed by atoms with Crippen LogP contribution in [0, 0.1) is 0 Å². The number of nitrogens with one attached hydrogen (secondary N) is 1. The Balaban J connectivity index is 1.82. The lowest BCUT2D eigenvalue weighted by atomic mass is 10.1. The Kier molecular flexibility index (Phi) is 4.10. The molecule has 0 aliphatic carbocycles. The van der Waals surface area contributed by atoms with Crippen LogP contribution in [0.5, 0.6) is 0 Å². The minimum atomic E-state index is -2.78. The molecule has 2 rings (SSSR count). The molecule has 2 atom stereocenters.